The minimum Gasteiger partial charge on any atom is -0.374 e. The summed E-state index contributed by atoms with van der Waals surface area (Å²) in [5.41, 5.74) is 7.57. The van der Waals surface area contributed by atoms with Gasteiger partial charge in [-0.05, 0) is 60.1 Å². The molecule has 0 amide bonds. The molecule has 0 unspecified atom stereocenters. The standard InChI is InChI=1S/C26H31N5O2S/c1-17(2)25-22-13-20(19-9-11-30(12-10-19)18(3)15-34(4,32)33)5-7-23(22)29-26(25)21-6-8-24-27-16-28-31(24)14-21/h5-8,13-14,16-17,19,29H,3,9-12,15H2,1-2,4H3. The van der Waals surface area contributed by atoms with Gasteiger partial charge in [-0.1, -0.05) is 26.5 Å². The Kier molecular flexibility index (Phi) is 5.72. The first-order valence-corrected chi connectivity index (χ1v) is 13.8. The fourth-order valence-corrected chi connectivity index (χ4v) is 5.99. The van der Waals surface area contributed by atoms with E-state index in [2.05, 4.69) is 64.7 Å². The van der Waals surface area contributed by atoms with E-state index in [9.17, 15) is 8.42 Å². The third-order valence-corrected chi connectivity index (χ3v) is 7.70. The Morgan fingerprint density at radius 1 is 1.21 bits per heavy atom. The zero-order valence-electron chi connectivity index (χ0n) is 20.0. The second-order valence-electron chi connectivity index (χ2n) is 9.75. The Bertz CT molecular complexity index is 1470. The highest BCUT2D eigenvalue weighted by atomic mass is 32.2. The molecular weight excluding hydrogens is 446 g/mol. The van der Waals surface area contributed by atoms with E-state index in [4.69, 9.17) is 0 Å². The molecule has 0 saturated carbocycles. The molecule has 3 aromatic heterocycles. The number of pyridine rings is 1. The summed E-state index contributed by atoms with van der Waals surface area (Å²) in [6, 6.07) is 10.9. The normalized spacial score (nSPS) is 15.6. The van der Waals surface area contributed by atoms with Crippen LogP contribution in [0, 0.1) is 0 Å². The number of rotatable bonds is 6. The largest absolute Gasteiger partial charge is 0.374 e. The lowest BCUT2D eigenvalue weighted by Gasteiger charge is -2.34. The smallest absolute Gasteiger partial charge is 0.155 e. The summed E-state index contributed by atoms with van der Waals surface area (Å²) in [5.74, 6) is 0.844. The van der Waals surface area contributed by atoms with Gasteiger partial charge in [-0.3, -0.25) is 0 Å². The van der Waals surface area contributed by atoms with E-state index in [1.807, 2.05) is 16.8 Å². The number of hydrogen-bond acceptors (Lipinski definition) is 5. The number of aromatic nitrogens is 4. The number of H-pyrrole nitrogens is 1. The summed E-state index contributed by atoms with van der Waals surface area (Å²) in [5, 5.41) is 5.56. The average molecular weight is 478 g/mol. The van der Waals surface area contributed by atoms with Crippen molar-refractivity contribution in [1.82, 2.24) is 24.5 Å². The molecule has 1 fully saturated rings. The molecule has 0 radical (unpaired) electrons. The quantitative estimate of drug-likeness (QED) is 0.434. The number of sulfone groups is 1. The molecule has 4 heterocycles. The van der Waals surface area contributed by atoms with Crippen LogP contribution in [0.2, 0.25) is 0 Å². The first-order chi connectivity index (χ1) is 16.2. The Balaban J connectivity index is 1.43. The number of aromatic amines is 1. The van der Waals surface area contributed by atoms with Crippen LogP contribution < -0.4 is 0 Å². The maximum Gasteiger partial charge on any atom is 0.155 e. The molecule has 34 heavy (non-hydrogen) atoms. The third kappa shape index (κ3) is 4.34. The molecular formula is C26H31N5O2S. The number of nitrogens with one attached hydrogen (secondary N) is 1. The number of piperidine rings is 1. The minimum absolute atomic E-state index is 0.0356. The Morgan fingerprint density at radius 3 is 2.68 bits per heavy atom. The zero-order valence-corrected chi connectivity index (χ0v) is 20.8. The molecule has 4 aromatic rings. The first-order valence-electron chi connectivity index (χ1n) is 11.8. The van der Waals surface area contributed by atoms with E-state index in [0.29, 0.717) is 17.5 Å². The Labute approximate surface area is 200 Å². The molecule has 1 aromatic carbocycles. The van der Waals surface area contributed by atoms with Crippen LogP contribution in [0.4, 0.5) is 0 Å². The van der Waals surface area contributed by atoms with Crippen LogP contribution in [-0.2, 0) is 9.84 Å². The number of hydrogen-bond donors (Lipinski definition) is 1. The molecule has 0 bridgehead atoms. The van der Waals surface area contributed by atoms with Gasteiger partial charge < -0.3 is 9.88 Å². The summed E-state index contributed by atoms with van der Waals surface area (Å²) in [6.07, 6.45) is 6.85. The van der Waals surface area contributed by atoms with E-state index < -0.39 is 9.84 Å². The van der Waals surface area contributed by atoms with Crippen molar-refractivity contribution in [2.75, 3.05) is 25.1 Å². The van der Waals surface area contributed by atoms with Crippen LogP contribution in [0.3, 0.4) is 0 Å². The van der Waals surface area contributed by atoms with Crippen molar-refractivity contribution in [1.29, 1.82) is 0 Å². The molecule has 1 N–H and O–H groups in total. The van der Waals surface area contributed by atoms with Gasteiger partial charge in [0, 0.05) is 47.7 Å². The topological polar surface area (TPSA) is 83.4 Å². The van der Waals surface area contributed by atoms with Crippen LogP contribution in [0.5, 0.6) is 0 Å². The van der Waals surface area contributed by atoms with Gasteiger partial charge in [0.25, 0.3) is 0 Å². The van der Waals surface area contributed by atoms with E-state index >= 15 is 0 Å². The highest BCUT2D eigenvalue weighted by Crippen LogP contribution is 2.38. The van der Waals surface area contributed by atoms with E-state index in [-0.39, 0.29) is 5.75 Å². The second kappa shape index (κ2) is 8.58. The summed E-state index contributed by atoms with van der Waals surface area (Å²) in [6.45, 7) is 10.2. The summed E-state index contributed by atoms with van der Waals surface area (Å²) >= 11 is 0. The van der Waals surface area contributed by atoms with Gasteiger partial charge in [0.05, 0.1) is 11.4 Å². The second-order valence-corrected chi connectivity index (χ2v) is 11.9. The molecule has 1 saturated heterocycles. The molecule has 0 spiro atoms. The van der Waals surface area contributed by atoms with Gasteiger partial charge in [-0.2, -0.15) is 5.10 Å². The predicted molar refractivity (Wildman–Crippen MR) is 137 cm³/mol. The predicted octanol–water partition coefficient (Wildman–Crippen LogP) is 4.74. The monoisotopic (exact) mass is 477 g/mol. The van der Waals surface area contributed by atoms with Crippen LogP contribution in [0.15, 0.2) is 55.1 Å². The molecule has 1 aliphatic heterocycles. The van der Waals surface area contributed by atoms with Crippen molar-refractivity contribution in [3.05, 3.63) is 66.3 Å². The summed E-state index contributed by atoms with van der Waals surface area (Å²) in [4.78, 5) is 10.0. The van der Waals surface area contributed by atoms with Crippen molar-refractivity contribution in [3.63, 3.8) is 0 Å². The maximum atomic E-state index is 11.6. The molecule has 8 heteroatoms. The summed E-state index contributed by atoms with van der Waals surface area (Å²) in [7, 11) is -3.06. The Morgan fingerprint density at radius 2 is 1.97 bits per heavy atom. The lowest BCUT2D eigenvalue weighted by Crippen LogP contribution is -2.34. The van der Waals surface area contributed by atoms with Crippen LogP contribution >= 0.6 is 0 Å². The molecule has 7 nitrogen and oxygen atoms in total. The van der Waals surface area contributed by atoms with E-state index in [1.54, 1.807) is 6.33 Å². The van der Waals surface area contributed by atoms with Gasteiger partial charge >= 0.3 is 0 Å². The molecule has 178 valence electrons. The highest BCUT2D eigenvalue weighted by molar-refractivity contribution is 7.90. The maximum absolute atomic E-state index is 11.6. The molecule has 1 aliphatic rings. The Hall–Kier alpha value is -3.13. The molecule has 0 atom stereocenters. The van der Waals surface area contributed by atoms with Crippen LogP contribution in [0.25, 0.3) is 27.8 Å². The first kappa shape index (κ1) is 22.7. The van der Waals surface area contributed by atoms with Crippen molar-refractivity contribution in [2.45, 2.75) is 38.5 Å². The van der Waals surface area contributed by atoms with Gasteiger partial charge in [-0.15, -0.1) is 0 Å². The van der Waals surface area contributed by atoms with Crippen molar-refractivity contribution < 1.29 is 8.42 Å². The van der Waals surface area contributed by atoms with E-state index in [0.717, 1.165) is 48.4 Å². The van der Waals surface area contributed by atoms with Crippen LogP contribution in [-0.4, -0.2) is 58.0 Å². The third-order valence-electron chi connectivity index (χ3n) is 6.85. The molecule has 0 aliphatic carbocycles. The lowest BCUT2D eigenvalue weighted by atomic mass is 9.87. The van der Waals surface area contributed by atoms with Crippen LogP contribution in [0.1, 0.15) is 49.7 Å². The van der Waals surface area contributed by atoms with Gasteiger partial charge in [0.2, 0.25) is 0 Å². The minimum atomic E-state index is -3.06. The highest BCUT2D eigenvalue weighted by Gasteiger charge is 2.24. The fraction of sp³-hybridized carbons (Fsp3) is 0.385. The van der Waals surface area contributed by atoms with Crippen molar-refractivity contribution in [3.8, 4) is 11.3 Å². The van der Waals surface area contributed by atoms with Crippen molar-refractivity contribution >= 4 is 26.4 Å². The number of nitrogens with zero attached hydrogens (tertiary/aromatic N) is 4. The van der Waals surface area contributed by atoms with E-state index in [1.165, 1.54) is 22.8 Å². The SMILES string of the molecule is C=C(CS(C)(=O)=O)N1CCC(c2ccc3[nH]c(-c4ccc5ncnn5c4)c(C(C)C)c3c2)CC1. The van der Waals surface area contributed by atoms with Gasteiger partial charge in [-0.25, -0.2) is 17.9 Å². The number of benzene rings is 1. The lowest BCUT2D eigenvalue weighted by molar-refractivity contribution is 0.265. The molecule has 5 rings (SSSR count). The summed E-state index contributed by atoms with van der Waals surface area (Å²) < 4.78 is 25.1. The van der Waals surface area contributed by atoms with Crippen molar-refractivity contribution in [2.24, 2.45) is 0 Å². The average Bonchev–Trinajstić information content (AvgIpc) is 3.41. The fourth-order valence-electron chi connectivity index (χ4n) is 5.20. The number of likely N-dealkylation sites (tertiary alicyclic amines) is 1. The van der Waals surface area contributed by atoms with Gasteiger partial charge in [0.1, 0.15) is 6.33 Å². The zero-order chi connectivity index (χ0) is 24.0. The van der Waals surface area contributed by atoms with Gasteiger partial charge in [0.15, 0.2) is 15.5 Å². The number of fused-ring (bicyclic) bond motifs is 2.